The van der Waals surface area contributed by atoms with Crippen molar-refractivity contribution in [1.29, 1.82) is 0 Å². The van der Waals surface area contributed by atoms with Gasteiger partial charge in [0.15, 0.2) is 0 Å². The maximum atomic E-state index is 12.2. The van der Waals surface area contributed by atoms with Gasteiger partial charge >= 0.3 is 23.9 Å². The fourth-order valence-corrected chi connectivity index (χ4v) is 5.23. The number of carbonyl (C=O) groups is 4. The van der Waals surface area contributed by atoms with Crippen molar-refractivity contribution in [3.63, 3.8) is 0 Å². The third-order valence-electron chi connectivity index (χ3n) is 7.97. The summed E-state index contributed by atoms with van der Waals surface area (Å²) < 4.78 is 19.6. The van der Waals surface area contributed by atoms with E-state index in [1.165, 1.54) is 28.4 Å². The number of carbonyl (C=O) groups excluding carboxylic acids is 4. The quantitative estimate of drug-likeness (QED) is 0.0916. The van der Waals surface area contributed by atoms with Gasteiger partial charge in [0, 0.05) is 0 Å². The fraction of sp³-hybridized carbons (Fsp3) is 0.0909. The number of esters is 4. The third-order valence-corrected chi connectivity index (χ3v) is 7.97. The Morgan fingerprint density at radius 1 is 0.370 bits per heavy atom. The average molecular weight is 721 g/mol. The number of hydrogen-bond acceptors (Lipinski definition) is 10. The number of ether oxygens (including phenoxy) is 4. The van der Waals surface area contributed by atoms with E-state index in [2.05, 4.69) is 0 Å². The van der Waals surface area contributed by atoms with Crippen molar-refractivity contribution in [1.82, 2.24) is 9.97 Å². The Morgan fingerprint density at radius 3 is 0.796 bits per heavy atom. The van der Waals surface area contributed by atoms with Gasteiger partial charge in [0.25, 0.3) is 0 Å². The van der Waals surface area contributed by atoms with Gasteiger partial charge in [0.2, 0.25) is 0 Å². The van der Waals surface area contributed by atoms with E-state index in [9.17, 15) is 19.2 Å². The molecule has 0 radical (unpaired) electrons. The van der Waals surface area contributed by atoms with Gasteiger partial charge in [-0.3, -0.25) is 0 Å². The highest BCUT2D eigenvalue weighted by atomic mass is 16.5. The first-order valence-corrected chi connectivity index (χ1v) is 16.6. The zero-order chi connectivity index (χ0) is 38.5. The van der Waals surface area contributed by atoms with Crippen LogP contribution in [0, 0.1) is 0 Å². The molecule has 0 aliphatic heterocycles. The molecular formula is C44H36N2O8. The lowest BCUT2D eigenvalue weighted by Gasteiger charge is -2.08. The van der Waals surface area contributed by atoms with Crippen LogP contribution < -0.4 is 0 Å². The van der Waals surface area contributed by atoms with Gasteiger partial charge < -0.3 is 18.9 Å². The van der Waals surface area contributed by atoms with Crippen LogP contribution in [0.15, 0.2) is 97.1 Å². The highest BCUT2D eigenvalue weighted by Crippen LogP contribution is 2.22. The second-order valence-electron chi connectivity index (χ2n) is 11.6. The second kappa shape index (κ2) is 18.3. The van der Waals surface area contributed by atoms with Crippen LogP contribution in [-0.2, 0) is 18.9 Å². The van der Waals surface area contributed by atoms with Crippen LogP contribution in [0.25, 0.3) is 48.6 Å². The summed E-state index contributed by atoms with van der Waals surface area (Å²) in [6, 6.07) is 27.9. The van der Waals surface area contributed by atoms with Crippen LogP contribution in [0.5, 0.6) is 0 Å². The number of rotatable bonds is 12. The molecule has 5 rings (SSSR count). The Balaban J connectivity index is 1.66. The largest absolute Gasteiger partial charge is 0.465 e. The van der Waals surface area contributed by atoms with Gasteiger partial charge in [0.05, 0.1) is 73.5 Å². The van der Waals surface area contributed by atoms with Gasteiger partial charge in [-0.15, -0.1) is 0 Å². The van der Waals surface area contributed by atoms with Crippen molar-refractivity contribution >= 4 is 72.5 Å². The highest BCUT2D eigenvalue weighted by molar-refractivity contribution is 5.93. The van der Waals surface area contributed by atoms with E-state index in [4.69, 9.17) is 28.9 Å². The summed E-state index contributed by atoms with van der Waals surface area (Å²) >= 11 is 0. The molecule has 10 nitrogen and oxygen atoms in total. The van der Waals surface area contributed by atoms with Gasteiger partial charge in [-0.05, 0) is 95.1 Å². The molecule has 270 valence electrons. The van der Waals surface area contributed by atoms with Gasteiger partial charge in [0.1, 0.15) is 0 Å². The van der Waals surface area contributed by atoms with E-state index >= 15 is 0 Å². The van der Waals surface area contributed by atoms with E-state index in [1.54, 1.807) is 97.1 Å². The molecular weight excluding hydrogens is 684 g/mol. The molecule has 0 aliphatic rings. The summed E-state index contributed by atoms with van der Waals surface area (Å²) in [5, 5.41) is 0. The van der Waals surface area contributed by atoms with E-state index in [1.807, 2.05) is 48.6 Å². The highest BCUT2D eigenvalue weighted by Gasteiger charge is 2.11. The lowest BCUT2D eigenvalue weighted by molar-refractivity contribution is 0.0592. The SMILES string of the molecule is COC(=O)c1cccc(C=Cc2nc(C=Cc3cccc(C(=O)OC)c3)c(C=Cc3cccc(C(=O)OC)c3)nc2C=Cc2cccc(C(=O)OC)c2)c1. The summed E-state index contributed by atoms with van der Waals surface area (Å²) in [6.07, 6.45) is 14.4. The van der Waals surface area contributed by atoms with E-state index in [0.29, 0.717) is 45.0 Å². The zero-order valence-corrected chi connectivity index (χ0v) is 30.0. The first kappa shape index (κ1) is 38.0. The number of nitrogens with zero attached hydrogens (tertiary/aromatic N) is 2. The molecule has 0 aliphatic carbocycles. The van der Waals surface area contributed by atoms with E-state index < -0.39 is 23.9 Å². The Hall–Kier alpha value is -7.20. The normalized spacial score (nSPS) is 11.3. The molecule has 0 bridgehead atoms. The Kier molecular flexibility index (Phi) is 12.9. The summed E-state index contributed by atoms with van der Waals surface area (Å²) in [7, 11) is 5.30. The Bertz CT molecular complexity index is 2000. The van der Waals surface area contributed by atoms with Crippen LogP contribution in [0.3, 0.4) is 0 Å². The van der Waals surface area contributed by atoms with Crippen molar-refractivity contribution in [3.8, 4) is 0 Å². The predicted molar refractivity (Wildman–Crippen MR) is 209 cm³/mol. The number of benzene rings is 4. The smallest absolute Gasteiger partial charge is 0.337 e. The minimum absolute atomic E-state index is 0.394. The van der Waals surface area contributed by atoms with Gasteiger partial charge in [-0.1, -0.05) is 72.8 Å². The van der Waals surface area contributed by atoms with E-state index in [0.717, 1.165) is 22.3 Å². The fourth-order valence-electron chi connectivity index (χ4n) is 5.23. The van der Waals surface area contributed by atoms with Crippen molar-refractivity contribution < 1.29 is 38.1 Å². The molecule has 1 aromatic heterocycles. The summed E-state index contributed by atoms with van der Waals surface area (Å²) in [6.45, 7) is 0. The minimum Gasteiger partial charge on any atom is -0.465 e. The molecule has 1 heterocycles. The molecule has 0 saturated carbocycles. The van der Waals surface area contributed by atoms with Crippen molar-refractivity contribution in [2.75, 3.05) is 28.4 Å². The molecule has 54 heavy (non-hydrogen) atoms. The number of hydrogen-bond donors (Lipinski definition) is 0. The van der Waals surface area contributed by atoms with Gasteiger partial charge in [-0.25, -0.2) is 29.1 Å². The lowest BCUT2D eigenvalue weighted by Crippen LogP contribution is -2.02. The molecule has 0 unspecified atom stereocenters. The first-order chi connectivity index (χ1) is 26.2. The van der Waals surface area contributed by atoms with Crippen LogP contribution >= 0.6 is 0 Å². The molecule has 0 amide bonds. The molecule has 5 aromatic rings. The Labute approximate surface area is 312 Å². The first-order valence-electron chi connectivity index (χ1n) is 16.6. The summed E-state index contributed by atoms with van der Waals surface area (Å²) in [4.78, 5) is 58.9. The zero-order valence-electron chi connectivity index (χ0n) is 30.0. The monoisotopic (exact) mass is 720 g/mol. The van der Waals surface area contributed by atoms with Gasteiger partial charge in [-0.2, -0.15) is 0 Å². The van der Waals surface area contributed by atoms with Crippen LogP contribution in [0.2, 0.25) is 0 Å². The molecule has 0 saturated heterocycles. The van der Waals surface area contributed by atoms with E-state index in [-0.39, 0.29) is 0 Å². The van der Waals surface area contributed by atoms with Crippen molar-refractivity contribution in [2.45, 2.75) is 0 Å². The second-order valence-corrected chi connectivity index (χ2v) is 11.6. The topological polar surface area (TPSA) is 131 Å². The molecule has 0 atom stereocenters. The maximum Gasteiger partial charge on any atom is 0.337 e. The van der Waals surface area contributed by atoms with Crippen molar-refractivity contribution in [2.24, 2.45) is 0 Å². The summed E-state index contributed by atoms with van der Waals surface area (Å²) in [5.41, 5.74) is 6.46. The molecule has 4 aromatic carbocycles. The molecule has 10 heteroatoms. The molecule has 0 spiro atoms. The van der Waals surface area contributed by atoms with Crippen LogP contribution in [-0.4, -0.2) is 62.3 Å². The Morgan fingerprint density at radius 2 is 0.593 bits per heavy atom. The molecule has 0 fully saturated rings. The number of methoxy groups -OCH3 is 4. The number of aromatic nitrogens is 2. The molecule has 0 N–H and O–H groups in total. The van der Waals surface area contributed by atoms with Crippen molar-refractivity contribution in [3.05, 3.63) is 164 Å². The lowest BCUT2D eigenvalue weighted by atomic mass is 10.1. The maximum absolute atomic E-state index is 12.2. The summed E-state index contributed by atoms with van der Waals surface area (Å²) in [5.74, 6) is -1.83. The minimum atomic E-state index is -0.459. The van der Waals surface area contributed by atoms with Crippen LogP contribution in [0.4, 0.5) is 0 Å². The predicted octanol–water partition coefficient (Wildman–Crippen LogP) is 8.30. The average Bonchev–Trinajstić information content (AvgIpc) is 3.22. The van der Waals surface area contributed by atoms with Crippen LogP contribution in [0.1, 0.15) is 86.5 Å². The third kappa shape index (κ3) is 9.98. The standard InChI is InChI=1S/C44H36N2O8/c1-51-41(47)33-13-5-9-29(25-33)17-21-37-38(22-18-30-10-6-14-34(26-30)42(48)52-2)46-40(24-20-32-12-8-16-36(28-32)44(50)54-4)39(45-37)23-19-31-11-7-15-35(27-31)43(49)53-3/h5-28H,1-4H3.